The average molecular weight is 394 g/mol. The molecule has 1 heterocycles. The summed E-state index contributed by atoms with van der Waals surface area (Å²) in [6, 6.07) is 14.1. The van der Waals surface area contributed by atoms with Crippen LogP contribution in [0.1, 0.15) is 21.5 Å². The van der Waals surface area contributed by atoms with E-state index in [1.165, 1.54) is 30.1 Å². The molecule has 1 amide bonds. The van der Waals surface area contributed by atoms with Crippen molar-refractivity contribution >= 4 is 11.9 Å². The maximum Gasteiger partial charge on any atom is 0.254 e. The molecule has 0 radical (unpaired) electrons. The van der Waals surface area contributed by atoms with E-state index in [0.717, 1.165) is 17.7 Å². The monoisotopic (exact) mass is 394 g/mol. The summed E-state index contributed by atoms with van der Waals surface area (Å²) in [6.45, 7) is 1.13. The average Bonchev–Trinajstić information content (AvgIpc) is 2.76. The van der Waals surface area contributed by atoms with E-state index in [1.807, 2.05) is 24.3 Å². The summed E-state index contributed by atoms with van der Waals surface area (Å²) in [5, 5.41) is 5.95. The Balaban J connectivity index is 1.41. The molecule has 2 N–H and O–H groups in total. The van der Waals surface area contributed by atoms with Crippen molar-refractivity contribution in [3.05, 3.63) is 83.4 Å². The number of hydrogen-bond donors (Lipinski definition) is 2. The maximum absolute atomic E-state index is 12.9. The minimum Gasteiger partial charge on any atom is -0.497 e. The number of methoxy groups -OCH3 is 1. The molecule has 0 saturated heterocycles. The summed E-state index contributed by atoms with van der Waals surface area (Å²) in [5.74, 6) is 0.794. The van der Waals surface area contributed by atoms with Gasteiger partial charge in [0, 0.05) is 25.5 Å². The number of halogens is 1. The van der Waals surface area contributed by atoms with Crippen LogP contribution < -0.4 is 15.4 Å². The highest BCUT2D eigenvalue weighted by Crippen LogP contribution is 2.11. The molecule has 0 aliphatic rings. The third-order valence-electron chi connectivity index (χ3n) is 4.38. The fourth-order valence-corrected chi connectivity index (χ4v) is 2.72. The lowest BCUT2D eigenvalue weighted by Crippen LogP contribution is -2.26. The smallest absolute Gasteiger partial charge is 0.254 e. The minimum atomic E-state index is -0.271. The van der Waals surface area contributed by atoms with Gasteiger partial charge in [0.05, 0.1) is 12.7 Å². The molecule has 0 saturated carbocycles. The number of amides is 1. The number of nitrogens with zero attached hydrogens (tertiary/aromatic N) is 2. The van der Waals surface area contributed by atoms with Crippen LogP contribution in [0.25, 0.3) is 0 Å². The molecule has 6 nitrogen and oxygen atoms in total. The van der Waals surface area contributed by atoms with Crippen LogP contribution in [0.2, 0.25) is 0 Å². The highest BCUT2D eigenvalue weighted by Gasteiger charge is 2.07. The zero-order valence-electron chi connectivity index (χ0n) is 16.2. The molecule has 3 aromatic rings. The van der Waals surface area contributed by atoms with Gasteiger partial charge in [-0.05, 0) is 48.2 Å². The lowest BCUT2D eigenvalue weighted by molar-refractivity contribution is 0.0953. The molecule has 0 atom stereocenters. The van der Waals surface area contributed by atoms with Gasteiger partial charge in [0.1, 0.15) is 11.6 Å². The van der Waals surface area contributed by atoms with E-state index in [0.29, 0.717) is 31.0 Å². The molecule has 7 heteroatoms. The third kappa shape index (κ3) is 6.27. The van der Waals surface area contributed by atoms with Gasteiger partial charge in [-0.1, -0.05) is 24.3 Å². The Labute approximate surface area is 169 Å². The second kappa shape index (κ2) is 10.2. The van der Waals surface area contributed by atoms with Crippen molar-refractivity contribution in [2.45, 2.75) is 12.8 Å². The van der Waals surface area contributed by atoms with Gasteiger partial charge in [-0.15, -0.1) is 0 Å². The first-order chi connectivity index (χ1) is 14.1. The number of carbonyl (C=O) groups is 1. The molecule has 0 aliphatic carbocycles. The normalized spacial score (nSPS) is 10.4. The van der Waals surface area contributed by atoms with Crippen LogP contribution in [0, 0.1) is 5.82 Å². The van der Waals surface area contributed by atoms with Gasteiger partial charge < -0.3 is 15.4 Å². The van der Waals surface area contributed by atoms with Crippen molar-refractivity contribution in [2.24, 2.45) is 0 Å². The van der Waals surface area contributed by atoms with Crippen molar-refractivity contribution in [2.75, 3.05) is 25.5 Å². The molecule has 29 heavy (non-hydrogen) atoms. The van der Waals surface area contributed by atoms with Crippen LogP contribution in [0.5, 0.6) is 5.75 Å². The second-order valence-electron chi connectivity index (χ2n) is 6.45. The van der Waals surface area contributed by atoms with Crippen LogP contribution in [0.3, 0.4) is 0 Å². The van der Waals surface area contributed by atoms with E-state index in [2.05, 4.69) is 20.6 Å². The molecule has 0 unspecified atom stereocenters. The van der Waals surface area contributed by atoms with Gasteiger partial charge in [-0.3, -0.25) is 4.79 Å². The molecular formula is C22H23FN4O2. The molecule has 0 spiro atoms. The van der Waals surface area contributed by atoms with Gasteiger partial charge in [0.15, 0.2) is 0 Å². The van der Waals surface area contributed by atoms with E-state index in [9.17, 15) is 9.18 Å². The Morgan fingerprint density at radius 2 is 1.52 bits per heavy atom. The Bertz CT molecular complexity index is 913. The van der Waals surface area contributed by atoms with Crippen LogP contribution >= 0.6 is 0 Å². The fraction of sp³-hybridized carbons (Fsp3) is 0.227. The third-order valence-corrected chi connectivity index (χ3v) is 4.38. The van der Waals surface area contributed by atoms with E-state index < -0.39 is 0 Å². The zero-order chi connectivity index (χ0) is 20.5. The number of ether oxygens (including phenoxy) is 1. The van der Waals surface area contributed by atoms with Crippen LogP contribution in [-0.4, -0.2) is 36.1 Å². The predicted molar refractivity (Wildman–Crippen MR) is 110 cm³/mol. The van der Waals surface area contributed by atoms with E-state index >= 15 is 0 Å². The number of nitrogens with one attached hydrogen (secondary N) is 2. The largest absolute Gasteiger partial charge is 0.497 e. The van der Waals surface area contributed by atoms with Gasteiger partial charge in [0.2, 0.25) is 5.95 Å². The second-order valence-corrected chi connectivity index (χ2v) is 6.45. The lowest BCUT2D eigenvalue weighted by Gasteiger charge is -2.07. The summed E-state index contributed by atoms with van der Waals surface area (Å²) in [5.41, 5.74) is 2.53. The molecular weight excluding hydrogens is 371 g/mol. The first-order valence-electron chi connectivity index (χ1n) is 9.35. The lowest BCUT2D eigenvalue weighted by atomic mass is 10.1. The van der Waals surface area contributed by atoms with Crippen LogP contribution in [-0.2, 0) is 12.8 Å². The molecule has 0 fully saturated rings. The molecule has 0 bridgehead atoms. The number of aromatic nitrogens is 2. The Morgan fingerprint density at radius 3 is 2.14 bits per heavy atom. The minimum absolute atomic E-state index is 0.239. The zero-order valence-corrected chi connectivity index (χ0v) is 16.2. The highest BCUT2D eigenvalue weighted by atomic mass is 19.1. The quantitative estimate of drug-likeness (QED) is 0.583. The summed E-state index contributed by atoms with van der Waals surface area (Å²) in [4.78, 5) is 20.5. The number of hydrogen-bond acceptors (Lipinski definition) is 5. The topological polar surface area (TPSA) is 76.1 Å². The Morgan fingerprint density at radius 1 is 0.931 bits per heavy atom. The highest BCUT2D eigenvalue weighted by molar-refractivity contribution is 5.93. The summed E-state index contributed by atoms with van der Waals surface area (Å²) in [6.07, 6.45) is 4.43. The van der Waals surface area contributed by atoms with Gasteiger partial charge >= 0.3 is 0 Å². The van der Waals surface area contributed by atoms with Crippen LogP contribution in [0.15, 0.2) is 60.9 Å². The van der Waals surface area contributed by atoms with Gasteiger partial charge in [-0.25, -0.2) is 14.4 Å². The van der Waals surface area contributed by atoms with Crippen molar-refractivity contribution in [1.82, 2.24) is 15.3 Å². The summed E-state index contributed by atoms with van der Waals surface area (Å²) >= 11 is 0. The number of benzene rings is 2. The summed E-state index contributed by atoms with van der Waals surface area (Å²) < 4.78 is 18.0. The Kier molecular flexibility index (Phi) is 7.10. The van der Waals surface area contributed by atoms with E-state index in [-0.39, 0.29) is 11.7 Å². The summed E-state index contributed by atoms with van der Waals surface area (Å²) in [7, 11) is 1.64. The van der Waals surface area contributed by atoms with Gasteiger partial charge in [-0.2, -0.15) is 0 Å². The fourth-order valence-electron chi connectivity index (χ4n) is 2.72. The molecule has 150 valence electrons. The van der Waals surface area contributed by atoms with E-state index in [1.54, 1.807) is 19.2 Å². The maximum atomic E-state index is 12.9. The van der Waals surface area contributed by atoms with E-state index in [4.69, 9.17) is 4.74 Å². The number of carbonyl (C=O) groups excluding carboxylic acids is 1. The predicted octanol–water partition coefficient (Wildman–Crippen LogP) is 3.25. The van der Waals surface area contributed by atoms with Gasteiger partial charge in [0.25, 0.3) is 5.91 Å². The van der Waals surface area contributed by atoms with Crippen molar-refractivity contribution in [1.29, 1.82) is 0 Å². The number of anilines is 1. The molecule has 1 aromatic heterocycles. The van der Waals surface area contributed by atoms with Crippen molar-refractivity contribution in [3.8, 4) is 5.75 Å². The Hall–Kier alpha value is -3.48. The van der Waals surface area contributed by atoms with Crippen molar-refractivity contribution in [3.63, 3.8) is 0 Å². The first-order valence-corrected chi connectivity index (χ1v) is 9.35. The molecule has 3 rings (SSSR count). The van der Waals surface area contributed by atoms with Crippen molar-refractivity contribution < 1.29 is 13.9 Å². The SMILES string of the molecule is COc1ccc(CCNc2ncc(C(=O)NCCc3ccc(F)cc3)cn2)cc1. The molecule has 2 aromatic carbocycles. The molecule has 0 aliphatic heterocycles. The van der Waals surface area contributed by atoms with Crippen LogP contribution in [0.4, 0.5) is 10.3 Å². The number of rotatable bonds is 9. The standard InChI is InChI=1S/C22H23FN4O2/c1-29-20-8-4-17(5-9-20)11-13-25-22-26-14-18(15-27-22)21(28)24-12-10-16-2-6-19(23)7-3-16/h2-9,14-15H,10-13H2,1H3,(H,24,28)(H,25,26,27). The first kappa shape index (κ1) is 20.3.